The van der Waals surface area contributed by atoms with Gasteiger partial charge in [0.25, 0.3) is 5.91 Å². The molecule has 0 aliphatic heterocycles. The van der Waals surface area contributed by atoms with E-state index in [-0.39, 0.29) is 17.7 Å². The van der Waals surface area contributed by atoms with Crippen molar-refractivity contribution in [2.24, 2.45) is 5.92 Å². The molecule has 1 unspecified atom stereocenters. The van der Waals surface area contributed by atoms with Gasteiger partial charge in [0.2, 0.25) is 5.91 Å². The van der Waals surface area contributed by atoms with Crippen molar-refractivity contribution < 1.29 is 19.1 Å². The molecule has 2 aromatic carbocycles. The van der Waals surface area contributed by atoms with Gasteiger partial charge in [-0.2, -0.15) is 0 Å². The number of nitrogens with zero attached hydrogens (tertiary/aromatic N) is 1. The van der Waals surface area contributed by atoms with Crippen LogP contribution in [0.5, 0.6) is 11.5 Å². The van der Waals surface area contributed by atoms with Crippen molar-refractivity contribution in [3.8, 4) is 11.5 Å². The molecule has 2 rings (SSSR count). The van der Waals surface area contributed by atoms with E-state index in [0.29, 0.717) is 23.0 Å². The first-order valence-corrected chi connectivity index (χ1v) is 10.1. The molecular formula is C24H32N2O4. The number of rotatable bonds is 8. The number of amides is 2. The molecule has 2 amide bonds. The Labute approximate surface area is 179 Å². The van der Waals surface area contributed by atoms with Gasteiger partial charge in [0, 0.05) is 24.4 Å². The molecule has 0 bridgehead atoms. The van der Waals surface area contributed by atoms with Gasteiger partial charge in [-0.05, 0) is 41.7 Å². The number of ether oxygens (including phenoxy) is 2. The topological polar surface area (TPSA) is 67.9 Å². The quantitative estimate of drug-likeness (QED) is 0.704. The fraction of sp³-hybridized carbons (Fsp3) is 0.417. The minimum Gasteiger partial charge on any atom is -0.497 e. The van der Waals surface area contributed by atoms with Crippen molar-refractivity contribution in [2.75, 3.05) is 26.2 Å². The van der Waals surface area contributed by atoms with Crippen LogP contribution in [0, 0.1) is 5.92 Å². The Hall–Kier alpha value is -3.02. The number of carbonyl (C=O) groups excluding carboxylic acids is 2. The molecule has 0 aromatic heterocycles. The van der Waals surface area contributed by atoms with E-state index in [4.69, 9.17) is 9.47 Å². The van der Waals surface area contributed by atoms with Gasteiger partial charge in [-0.25, -0.2) is 0 Å². The summed E-state index contributed by atoms with van der Waals surface area (Å²) in [5, 5.41) is 2.88. The molecule has 1 N–H and O–H groups in total. The standard InChI is InChI=1S/C24H32N2O4/c1-15(2)17-9-8-10-19(11-17)26(5)24(28)22(16(3)4)25-23(27)18-12-20(29-6)14-21(13-18)30-7/h8-16,22H,1-7H3,(H,25,27). The zero-order valence-corrected chi connectivity index (χ0v) is 18.9. The lowest BCUT2D eigenvalue weighted by molar-refractivity contribution is -0.121. The molecule has 0 heterocycles. The highest BCUT2D eigenvalue weighted by atomic mass is 16.5. The average Bonchev–Trinajstić information content (AvgIpc) is 2.75. The predicted molar refractivity (Wildman–Crippen MR) is 120 cm³/mol. The summed E-state index contributed by atoms with van der Waals surface area (Å²) in [4.78, 5) is 27.8. The monoisotopic (exact) mass is 412 g/mol. The van der Waals surface area contributed by atoms with E-state index in [9.17, 15) is 9.59 Å². The normalized spacial score (nSPS) is 11.9. The molecule has 6 nitrogen and oxygen atoms in total. The second-order valence-electron chi connectivity index (χ2n) is 7.94. The van der Waals surface area contributed by atoms with Crippen LogP contribution in [0.2, 0.25) is 0 Å². The first-order valence-electron chi connectivity index (χ1n) is 10.1. The Morgan fingerprint density at radius 3 is 2.03 bits per heavy atom. The first kappa shape index (κ1) is 23.3. The summed E-state index contributed by atoms with van der Waals surface area (Å²) in [6.45, 7) is 8.04. The summed E-state index contributed by atoms with van der Waals surface area (Å²) >= 11 is 0. The van der Waals surface area contributed by atoms with E-state index in [1.165, 1.54) is 14.2 Å². The zero-order chi connectivity index (χ0) is 22.4. The highest BCUT2D eigenvalue weighted by Gasteiger charge is 2.28. The van der Waals surface area contributed by atoms with Gasteiger partial charge in [0.15, 0.2) is 0 Å². The van der Waals surface area contributed by atoms with Crippen LogP contribution in [0.4, 0.5) is 5.69 Å². The molecular weight excluding hydrogens is 380 g/mol. The second-order valence-corrected chi connectivity index (χ2v) is 7.94. The van der Waals surface area contributed by atoms with Crippen LogP contribution in [-0.2, 0) is 4.79 Å². The highest BCUT2D eigenvalue weighted by Crippen LogP contribution is 2.24. The molecule has 0 saturated heterocycles. The SMILES string of the molecule is COc1cc(OC)cc(C(=O)NC(C(=O)N(C)c2cccc(C(C)C)c2)C(C)C)c1. The summed E-state index contributed by atoms with van der Waals surface area (Å²) in [5.41, 5.74) is 2.32. The van der Waals surface area contributed by atoms with Crippen molar-refractivity contribution in [1.82, 2.24) is 5.32 Å². The number of carbonyl (C=O) groups is 2. The highest BCUT2D eigenvalue weighted by molar-refractivity contribution is 6.02. The predicted octanol–water partition coefficient (Wildman–Crippen LogP) is 4.24. The Bertz CT molecular complexity index is 870. The van der Waals surface area contributed by atoms with Crippen molar-refractivity contribution in [1.29, 1.82) is 0 Å². The molecule has 0 radical (unpaired) electrons. The van der Waals surface area contributed by atoms with Crippen LogP contribution in [0.3, 0.4) is 0 Å². The molecule has 162 valence electrons. The maximum absolute atomic E-state index is 13.2. The third kappa shape index (κ3) is 5.53. The van der Waals surface area contributed by atoms with Gasteiger partial charge in [-0.1, -0.05) is 39.8 Å². The lowest BCUT2D eigenvalue weighted by atomic mass is 10.0. The fourth-order valence-electron chi connectivity index (χ4n) is 3.11. The Kier molecular flexibility index (Phi) is 7.86. The minimum absolute atomic E-state index is 0.0929. The maximum Gasteiger partial charge on any atom is 0.252 e. The van der Waals surface area contributed by atoms with Crippen molar-refractivity contribution >= 4 is 17.5 Å². The van der Waals surface area contributed by atoms with E-state index in [0.717, 1.165) is 11.3 Å². The van der Waals surface area contributed by atoms with E-state index >= 15 is 0 Å². The molecule has 0 aliphatic rings. The van der Waals surface area contributed by atoms with E-state index in [1.807, 2.05) is 38.1 Å². The first-order chi connectivity index (χ1) is 14.2. The summed E-state index contributed by atoms with van der Waals surface area (Å²) < 4.78 is 10.5. The maximum atomic E-state index is 13.2. The van der Waals surface area contributed by atoms with E-state index in [1.54, 1.807) is 30.1 Å². The molecule has 0 aliphatic carbocycles. The molecule has 6 heteroatoms. The smallest absolute Gasteiger partial charge is 0.252 e. The number of methoxy groups -OCH3 is 2. The van der Waals surface area contributed by atoms with Crippen LogP contribution in [0.15, 0.2) is 42.5 Å². The molecule has 2 aromatic rings. The van der Waals surface area contributed by atoms with Crippen molar-refractivity contribution in [3.05, 3.63) is 53.6 Å². The van der Waals surface area contributed by atoms with Crippen LogP contribution in [0.1, 0.15) is 49.5 Å². The molecule has 0 fully saturated rings. The third-order valence-electron chi connectivity index (χ3n) is 5.09. The zero-order valence-electron chi connectivity index (χ0n) is 18.9. The van der Waals surface area contributed by atoms with Gasteiger partial charge in [-0.3, -0.25) is 9.59 Å². The molecule has 0 saturated carbocycles. The van der Waals surface area contributed by atoms with Gasteiger partial charge in [0.05, 0.1) is 14.2 Å². The van der Waals surface area contributed by atoms with Crippen molar-refractivity contribution in [3.63, 3.8) is 0 Å². The number of benzene rings is 2. The summed E-state index contributed by atoms with van der Waals surface area (Å²) in [6.07, 6.45) is 0. The van der Waals surface area contributed by atoms with Crippen LogP contribution >= 0.6 is 0 Å². The van der Waals surface area contributed by atoms with E-state index < -0.39 is 6.04 Å². The number of hydrogen-bond acceptors (Lipinski definition) is 4. The summed E-state index contributed by atoms with van der Waals surface area (Å²) in [6, 6.07) is 12.2. The Morgan fingerprint density at radius 1 is 0.933 bits per heavy atom. The number of hydrogen-bond donors (Lipinski definition) is 1. The third-order valence-corrected chi connectivity index (χ3v) is 5.09. The summed E-state index contributed by atoms with van der Waals surface area (Å²) in [5.74, 6) is 0.753. The Balaban J connectivity index is 2.26. The van der Waals surface area contributed by atoms with Gasteiger partial charge < -0.3 is 19.7 Å². The van der Waals surface area contributed by atoms with Gasteiger partial charge in [-0.15, -0.1) is 0 Å². The fourth-order valence-corrected chi connectivity index (χ4v) is 3.11. The van der Waals surface area contributed by atoms with Crippen molar-refractivity contribution in [2.45, 2.75) is 39.7 Å². The van der Waals surface area contributed by atoms with Crippen LogP contribution in [-0.4, -0.2) is 39.1 Å². The average molecular weight is 413 g/mol. The number of nitrogens with one attached hydrogen (secondary N) is 1. The largest absolute Gasteiger partial charge is 0.497 e. The lowest BCUT2D eigenvalue weighted by Gasteiger charge is -2.27. The number of likely N-dealkylation sites (N-methyl/N-ethyl adjacent to an activating group) is 1. The van der Waals surface area contributed by atoms with Gasteiger partial charge >= 0.3 is 0 Å². The molecule has 1 atom stereocenters. The van der Waals surface area contributed by atoms with Crippen LogP contribution < -0.4 is 19.7 Å². The molecule has 30 heavy (non-hydrogen) atoms. The van der Waals surface area contributed by atoms with Gasteiger partial charge in [0.1, 0.15) is 17.5 Å². The Morgan fingerprint density at radius 2 is 1.53 bits per heavy atom. The van der Waals surface area contributed by atoms with E-state index in [2.05, 4.69) is 19.2 Å². The molecule has 0 spiro atoms. The lowest BCUT2D eigenvalue weighted by Crippen LogP contribution is -2.50. The minimum atomic E-state index is -0.678. The second kappa shape index (κ2) is 10.1. The summed E-state index contributed by atoms with van der Waals surface area (Å²) in [7, 11) is 4.78. The van der Waals surface area contributed by atoms with Crippen LogP contribution in [0.25, 0.3) is 0 Å². The number of anilines is 1.